The molecule has 0 aromatic carbocycles. The molecule has 0 aliphatic carbocycles. The minimum absolute atomic E-state index is 0. The molecule has 3 N–H and O–H groups in total. The van der Waals surface area contributed by atoms with Crippen molar-refractivity contribution in [2.24, 2.45) is 0 Å². The van der Waals surface area contributed by atoms with Crippen LogP contribution in [0.25, 0.3) is 0 Å². The van der Waals surface area contributed by atoms with E-state index in [1.54, 1.807) is 0 Å². The monoisotopic (exact) mass is 178 g/mol. The average molecular weight is 179 g/mol. The van der Waals surface area contributed by atoms with Gasteiger partial charge in [-0.2, -0.15) is 0 Å². The van der Waals surface area contributed by atoms with E-state index in [0.717, 1.165) is 0 Å². The summed E-state index contributed by atoms with van der Waals surface area (Å²) in [5.74, 6) is -0.657. The maximum absolute atomic E-state index is 10.0. The van der Waals surface area contributed by atoms with Crippen molar-refractivity contribution in [2.75, 3.05) is 0 Å². The van der Waals surface area contributed by atoms with Crippen LogP contribution in [0.5, 0.6) is 0 Å². The quantitative estimate of drug-likeness (QED) is 0.357. The molecule has 0 saturated heterocycles. The summed E-state index contributed by atoms with van der Waals surface area (Å²) in [6.07, 6.45) is 2.39. The van der Waals surface area contributed by atoms with E-state index in [-0.39, 0.29) is 34.4 Å². The van der Waals surface area contributed by atoms with Gasteiger partial charge in [-0.3, -0.25) is 14.9 Å². The Bertz CT molecular complexity index is 138. The smallest absolute Gasteiger partial charge is 0.250 e. The van der Waals surface area contributed by atoms with Crippen molar-refractivity contribution >= 4 is 11.8 Å². The van der Waals surface area contributed by atoms with Gasteiger partial charge < -0.3 is 5.48 Å². The third-order valence-electron chi connectivity index (χ3n) is 0.632. The maximum Gasteiger partial charge on any atom is 0.250 e. The molecule has 0 aromatic rings. The van der Waals surface area contributed by atoms with Gasteiger partial charge in [-0.25, -0.2) is 0 Å². The van der Waals surface area contributed by atoms with Crippen molar-refractivity contribution in [1.82, 2.24) is 5.32 Å². The van der Waals surface area contributed by atoms with Gasteiger partial charge >= 0.3 is 0 Å². The van der Waals surface area contributed by atoms with E-state index in [4.69, 9.17) is 0 Å². The largest absolute Gasteiger partial charge is 0.412 e. The minimum atomic E-state index is -0.329. The first-order valence-corrected chi connectivity index (χ1v) is 1.82. The fraction of sp³-hybridized carbons (Fsp3) is 0. The zero-order valence-corrected chi connectivity index (χ0v) is 5.21. The van der Waals surface area contributed by atoms with Gasteiger partial charge in [0.25, 0.3) is 11.8 Å². The van der Waals surface area contributed by atoms with Crippen LogP contribution in [0.3, 0.4) is 0 Å². The Morgan fingerprint density at radius 3 is 1.56 bits per heavy atom. The maximum atomic E-state index is 10.0. The molecule has 55 valence electrons. The number of amides is 2. The summed E-state index contributed by atoms with van der Waals surface area (Å²) in [7, 11) is 0. The minimum Gasteiger partial charge on any atom is -0.412 e. The Morgan fingerprint density at radius 1 is 1.11 bits per heavy atom. The van der Waals surface area contributed by atoms with E-state index < -0.39 is 0 Å². The number of rotatable bonds is 0. The normalized spacial score (nSPS) is 13.8. The van der Waals surface area contributed by atoms with E-state index in [1.165, 1.54) is 12.2 Å². The second-order valence-corrected chi connectivity index (χ2v) is 1.19. The van der Waals surface area contributed by atoms with Crippen molar-refractivity contribution in [3.05, 3.63) is 12.2 Å². The van der Waals surface area contributed by atoms with Crippen molar-refractivity contribution in [3.63, 3.8) is 0 Å². The van der Waals surface area contributed by atoms with Gasteiger partial charge in [0.2, 0.25) is 0 Å². The Hall–Kier alpha value is -0.641. The van der Waals surface area contributed by atoms with Crippen molar-refractivity contribution in [3.8, 4) is 0 Å². The van der Waals surface area contributed by atoms with Crippen LogP contribution >= 0.6 is 0 Å². The molecule has 1 rings (SSSR count). The first-order valence-electron chi connectivity index (χ1n) is 1.82. The van der Waals surface area contributed by atoms with Gasteiger partial charge in [-0.05, 0) is 0 Å². The van der Waals surface area contributed by atoms with Gasteiger partial charge in [-0.15, -0.1) is 0 Å². The molecule has 0 aromatic heterocycles. The summed E-state index contributed by atoms with van der Waals surface area (Å²) < 4.78 is 0. The van der Waals surface area contributed by atoms with E-state index in [9.17, 15) is 9.59 Å². The van der Waals surface area contributed by atoms with Crippen LogP contribution in [0, 0.1) is 0 Å². The first-order chi connectivity index (χ1) is 3.29. The molecule has 1 aliphatic rings. The fourth-order valence-electron chi connectivity index (χ4n) is 0.356. The summed E-state index contributed by atoms with van der Waals surface area (Å²) in [6, 6.07) is 0. The van der Waals surface area contributed by atoms with Crippen LogP contribution in [0.1, 0.15) is 0 Å². The second kappa shape index (κ2) is 4.26. The predicted molar refractivity (Wildman–Crippen MR) is 25.9 cm³/mol. The van der Waals surface area contributed by atoms with Crippen molar-refractivity contribution in [1.29, 1.82) is 0 Å². The van der Waals surface area contributed by atoms with Crippen LogP contribution in [0.2, 0.25) is 0 Å². The second-order valence-electron chi connectivity index (χ2n) is 1.19. The topological polar surface area (TPSA) is 77.7 Å². The summed E-state index contributed by atoms with van der Waals surface area (Å²) >= 11 is 0. The van der Waals surface area contributed by atoms with Crippen LogP contribution in [-0.4, -0.2) is 17.3 Å². The molecule has 0 spiro atoms. The predicted octanol–water partition coefficient (Wildman–Crippen LogP) is -1.63. The molecule has 0 atom stereocenters. The van der Waals surface area contributed by atoms with Crippen molar-refractivity contribution < 1.29 is 32.1 Å². The van der Waals surface area contributed by atoms with E-state index >= 15 is 0 Å². The van der Waals surface area contributed by atoms with Crippen LogP contribution < -0.4 is 5.32 Å². The Morgan fingerprint density at radius 2 is 1.44 bits per heavy atom. The molecule has 1 aliphatic heterocycles. The molecule has 0 unspecified atom stereocenters. The molecule has 0 saturated carbocycles. The Balaban J connectivity index is 0. The number of carbonyl (C=O) groups excluding carboxylic acids is 2. The van der Waals surface area contributed by atoms with Gasteiger partial charge in [-0.1, -0.05) is 0 Å². The van der Waals surface area contributed by atoms with Crippen molar-refractivity contribution in [2.45, 2.75) is 0 Å². The van der Waals surface area contributed by atoms with Gasteiger partial charge in [0, 0.05) is 29.2 Å². The third-order valence-corrected chi connectivity index (χ3v) is 0.632. The van der Waals surface area contributed by atoms with Gasteiger partial charge in [0.15, 0.2) is 0 Å². The molecule has 2 amide bonds. The fourth-order valence-corrected chi connectivity index (χ4v) is 0.356. The number of imide groups is 1. The van der Waals surface area contributed by atoms with E-state index in [0.29, 0.717) is 0 Å². The Labute approximate surface area is 62.1 Å². The number of nitrogens with one attached hydrogen (secondary N) is 1. The summed E-state index contributed by atoms with van der Waals surface area (Å²) in [5.41, 5.74) is 0. The average Bonchev–Trinajstić information content (AvgIpc) is 1.87. The first kappa shape index (κ1) is 11.2. The van der Waals surface area contributed by atoms with Crippen LogP contribution in [0.4, 0.5) is 0 Å². The molecular weight excluding hydrogens is 174 g/mol. The third kappa shape index (κ3) is 3.03. The van der Waals surface area contributed by atoms with Crippen LogP contribution in [-0.2, 0) is 26.7 Å². The summed E-state index contributed by atoms with van der Waals surface area (Å²) in [5, 5.41) is 2.03. The molecule has 4 nitrogen and oxygen atoms in total. The number of carbonyl (C=O) groups is 2. The molecule has 1 heterocycles. The molecule has 0 bridgehead atoms. The zero-order chi connectivity index (χ0) is 5.28. The molecule has 5 heteroatoms. The molecule has 1 radical (unpaired) electrons. The SMILES string of the molecule is O.O=C1C=CC(=O)N1.[Cu]. The Kier molecular flexibility index (Phi) is 5.30. The number of hydrogen-bond acceptors (Lipinski definition) is 2. The number of hydrogen-bond donors (Lipinski definition) is 1. The molecule has 9 heavy (non-hydrogen) atoms. The molecule has 0 fully saturated rings. The standard InChI is InChI=1S/C4H3NO2.Cu.H2O/c6-3-1-2-4(7)5-3;;/h1-2H,(H,5,6,7);;1H2. The summed E-state index contributed by atoms with van der Waals surface area (Å²) in [4.78, 5) is 20.1. The zero-order valence-electron chi connectivity index (χ0n) is 4.27. The summed E-state index contributed by atoms with van der Waals surface area (Å²) in [6.45, 7) is 0. The van der Waals surface area contributed by atoms with Crippen LogP contribution in [0.15, 0.2) is 12.2 Å². The molecular formula is C4H5CuNO3. The van der Waals surface area contributed by atoms with E-state index in [2.05, 4.69) is 0 Å². The van der Waals surface area contributed by atoms with E-state index in [1.807, 2.05) is 5.32 Å². The van der Waals surface area contributed by atoms with Gasteiger partial charge in [0.1, 0.15) is 0 Å². The van der Waals surface area contributed by atoms with Gasteiger partial charge in [0.05, 0.1) is 0 Å².